The molecule has 0 radical (unpaired) electrons. The number of para-hydroxylation sites is 1. The van der Waals surface area contributed by atoms with Crippen molar-refractivity contribution in [3.05, 3.63) is 89.5 Å². The van der Waals surface area contributed by atoms with Crippen molar-refractivity contribution in [2.75, 3.05) is 57.3 Å². The first kappa shape index (κ1) is 39.5. The number of hydrogen-bond acceptors (Lipinski definition) is 9. The SMILES string of the molecule is CC(C)(Oc1ccc(Cl)cc1)C(=O)OCCN1CCN(CCCN2c3ccccc3Sc3ccc(C(F)(F)F)cc32)CC1.O=C(O)C=CC(=O)O. The van der Waals surface area contributed by atoms with Crippen LogP contribution < -0.4 is 9.64 Å². The van der Waals surface area contributed by atoms with Gasteiger partial charge < -0.3 is 29.5 Å². The standard InChI is InChI=1S/C32H35ClF3N3O3S.C4H4O4/c1-31(2,42-25-11-9-24(33)10-12-25)30(40)41-21-20-38-18-16-37(17-19-38)14-5-15-39-26-6-3-4-7-28(26)43-29-13-8-23(22-27(29)39)32(34,35)36;5-3(6)1-2-4(7)8/h3-4,6-13,22H,5,14-21H2,1-2H3;1-2H,(H,5,6)(H,7,8). The van der Waals surface area contributed by atoms with Crippen molar-refractivity contribution < 1.29 is 47.2 Å². The molecule has 0 bridgehead atoms. The summed E-state index contributed by atoms with van der Waals surface area (Å²) >= 11 is 7.43. The highest BCUT2D eigenvalue weighted by molar-refractivity contribution is 7.99. The zero-order valence-corrected chi connectivity index (χ0v) is 29.6. The number of benzene rings is 3. The largest absolute Gasteiger partial charge is 0.478 e. The number of hydrogen-bond donors (Lipinski definition) is 2. The maximum atomic E-state index is 13.5. The molecule has 2 heterocycles. The minimum Gasteiger partial charge on any atom is -0.478 e. The third-order valence-corrected chi connectivity index (χ3v) is 9.34. The van der Waals surface area contributed by atoms with Crippen LogP contribution in [0.25, 0.3) is 0 Å². The average Bonchev–Trinajstić information content (AvgIpc) is 3.08. The fourth-order valence-electron chi connectivity index (χ4n) is 5.36. The van der Waals surface area contributed by atoms with Crippen molar-refractivity contribution in [2.45, 2.75) is 41.8 Å². The number of ether oxygens (including phenoxy) is 2. The molecule has 10 nitrogen and oxygen atoms in total. The second-order valence-corrected chi connectivity index (χ2v) is 13.7. The Bertz CT molecular complexity index is 1680. The topological polar surface area (TPSA) is 120 Å². The van der Waals surface area contributed by atoms with Crippen molar-refractivity contribution in [1.82, 2.24) is 9.80 Å². The lowest BCUT2D eigenvalue weighted by atomic mass is 10.1. The summed E-state index contributed by atoms with van der Waals surface area (Å²) in [7, 11) is 0. The predicted octanol–water partition coefficient (Wildman–Crippen LogP) is 7.08. The zero-order chi connectivity index (χ0) is 37.2. The van der Waals surface area contributed by atoms with Crippen LogP contribution in [0.4, 0.5) is 24.5 Å². The first-order valence-corrected chi connectivity index (χ1v) is 17.3. The third-order valence-electron chi connectivity index (χ3n) is 7.96. The minimum absolute atomic E-state index is 0.276. The smallest absolute Gasteiger partial charge is 0.416 e. The van der Waals surface area contributed by atoms with E-state index in [4.69, 9.17) is 31.3 Å². The molecule has 0 saturated carbocycles. The number of anilines is 2. The van der Waals surface area contributed by atoms with Gasteiger partial charge in [0.15, 0.2) is 5.60 Å². The lowest BCUT2D eigenvalue weighted by Crippen LogP contribution is -2.48. The number of carbonyl (C=O) groups excluding carboxylic acids is 1. The Hall–Kier alpha value is -4.24. The van der Waals surface area contributed by atoms with Crippen molar-refractivity contribution in [2.24, 2.45) is 0 Å². The predicted molar refractivity (Wildman–Crippen MR) is 188 cm³/mol. The number of nitrogens with zero attached hydrogens (tertiary/aromatic N) is 3. The van der Waals surface area contributed by atoms with E-state index in [1.807, 2.05) is 29.2 Å². The molecule has 0 spiro atoms. The number of aliphatic carboxylic acids is 2. The molecule has 15 heteroatoms. The molecule has 0 amide bonds. The molecule has 0 unspecified atom stereocenters. The number of carboxylic acids is 2. The number of esters is 1. The van der Waals surface area contributed by atoms with E-state index in [-0.39, 0.29) is 6.61 Å². The second-order valence-electron chi connectivity index (χ2n) is 12.2. The first-order valence-electron chi connectivity index (χ1n) is 16.1. The Morgan fingerprint density at radius 3 is 2.02 bits per heavy atom. The summed E-state index contributed by atoms with van der Waals surface area (Å²) in [6, 6.07) is 18.7. The van der Waals surface area contributed by atoms with E-state index in [2.05, 4.69) is 9.80 Å². The number of alkyl halides is 3. The lowest BCUT2D eigenvalue weighted by Gasteiger charge is -2.36. The summed E-state index contributed by atoms with van der Waals surface area (Å²) < 4.78 is 51.8. The quantitative estimate of drug-likeness (QED) is 0.146. The molecule has 5 rings (SSSR count). The monoisotopic (exact) mass is 749 g/mol. The Balaban J connectivity index is 0.000000652. The van der Waals surface area contributed by atoms with E-state index in [9.17, 15) is 27.6 Å². The summed E-state index contributed by atoms with van der Waals surface area (Å²) in [5.74, 6) is -2.40. The van der Waals surface area contributed by atoms with E-state index in [0.29, 0.717) is 41.7 Å². The number of halogens is 4. The Morgan fingerprint density at radius 2 is 1.41 bits per heavy atom. The minimum atomic E-state index is -4.39. The van der Waals surface area contributed by atoms with Crippen LogP contribution in [0.15, 0.2) is 88.7 Å². The Labute approximate surface area is 303 Å². The number of carboxylic acid groups (broad SMARTS) is 2. The van der Waals surface area contributed by atoms with E-state index >= 15 is 0 Å². The van der Waals surface area contributed by atoms with Crippen LogP contribution in [0.2, 0.25) is 5.02 Å². The van der Waals surface area contributed by atoms with Gasteiger partial charge in [0.25, 0.3) is 0 Å². The van der Waals surface area contributed by atoms with Gasteiger partial charge >= 0.3 is 24.1 Å². The van der Waals surface area contributed by atoms with Crippen LogP contribution in [0.1, 0.15) is 25.8 Å². The van der Waals surface area contributed by atoms with Crippen LogP contribution >= 0.6 is 23.4 Å². The maximum absolute atomic E-state index is 13.5. The number of piperazine rings is 1. The highest BCUT2D eigenvalue weighted by atomic mass is 35.5. The highest BCUT2D eigenvalue weighted by Gasteiger charge is 2.34. The Kier molecular flexibility index (Phi) is 13.8. The van der Waals surface area contributed by atoms with Gasteiger partial charge in [-0.1, -0.05) is 35.5 Å². The van der Waals surface area contributed by atoms with E-state index in [0.717, 1.165) is 60.7 Å². The molecule has 3 aromatic rings. The number of carbonyl (C=O) groups is 3. The molecule has 2 aliphatic heterocycles. The van der Waals surface area contributed by atoms with Gasteiger partial charge in [-0.2, -0.15) is 13.2 Å². The molecular weight excluding hydrogens is 711 g/mol. The third kappa shape index (κ3) is 11.9. The van der Waals surface area contributed by atoms with Gasteiger partial charge in [-0.15, -0.1) is 0 Å². The first-order chi connectivity index (χ1) is 24.1. The molecule has 1 saturated heterocycles. The van der Waals surface area contributed by atoms with E-state index in [1.165, 1.54) is 17.8 Å². The molecule has 0 atom stereocenters. The zero-order valence-electron chi connectivity index (χ0n) is 28.1. The van der Waals surface area contributed by atoms with E-state index in [1.54, 1.807) is 44.2 Å². The Morgan fingerprint density at radius 1 is 0.824 bits per heavy atom. The molecule has 0 aliphatic carbocycles. The van der Waals surface area contributed by atoms with Gasteiger partial charge in [0.1, 0.15) is 12.4 Å². The highest BCUT2D eigenvalue weighted by Crippen LogP contribution is 2.49. The van der Waals surface area contributed by atoms with Gasteiger partial charge in [0.05, 0.1) is 16.9 Å². The number of rotatable bonds is 12. The normalized spacial score (nSPS) is 15.0. The fourth-order valence-corrected chi connectivity index (χ4v) is 6.56. The van der Waals surface area contributed by atoms with Gasteiger partial charge in [0.2, 0.25) is 0 Å². The van der Waals surface area contributed by atoms with Crippen LogP contribution in [-0.2, 0) is 25.3 Å². The van der Waals surface area contributed by atoms with Crippen LogP contribution in [-0.4, -0.2) is 95.9 Å². The maximum Gasteiger partial charge on any atom is 0.416 e. The van der Waals surface area contributed by atoms with Gasteiger partial charge in [-0.05, 0) is 81.4 Å². The van der Waals surface area contributed by atoms with E-state index < -0.39 is 35.2 Å². The van der Waals surface area contributed by atoms with Crippen molar-refractivity contribution >= 4 is 52.6 Å². The molecule has 2 aliphatic rings. The van der Waals surface area contributed by atoms with Crippen LogP contribution in [0.5, 0.6) is 5.75 Å². The van der Waals surface area contributed by atoms with Crippen LogP contribution in [0.3, 0.4) is 0 Å². The molecule has 274 valence electrons. The summed E-state index contributed by atoms with van der Waals surface area (Å²) in [6.07, 6.45) is -2.46. The van der Waals surface area contributed by atoms with Gasteiger partial charge in [0, 0.05) is 66.2 Å². The second kappa shape index (κ2) is 17.8. The van der Waals surface area contributed by atoms with Crippen LogP contribution in [0, 0.1) is 0 Å². The average molecular weight is 750 g/mol. The van der Waals surface area contributed by atoms with Crippen molar-refractivity contribution in [3.63, 3.8) is 0 Å². The molecule has 3 aromatic carbocycles. The van der Waals surface area contributed by atoms with Crippen molar-refractivity contribution in [1.29, 1.82) is 0 Å². The van der Waals surface area contributed by atoms with Gasteiger partial charge in [-0.3, -0.25) is 4.90 Å². The molecule has 1 fully saturated rings. The fraction of sp³-hybridized carbons (Fsp3) is 0.361. The molecular formula is C36H39ClF3N3O7S. The molecule has 51 heavy (non-hydrogen) atoms. The summed E-state index contributed by atoms with van der Waals surface area (Å²) in [6.45, 7) is 9.19. The summed E-state index contributed by atoms with van der Waals surface area (Å²) in [5, 5.41) is 16.2. The number of fused-ring (bicyclic) bond motifs is 2. The molecule has 0 aromatic heterocycles. The van der Waals surface area contributed by atoms with Crippen molar-refractivity contribution in [3.8, 4) is 5.75 Å². The van der Waals surface area contributed by atoms with Gasteiger partial charge in [-0.25, -0.2) is 14.4 Å². The molecule has 2 N–H and O–H groups in total. The summed E-state index contributed by atoms with van der Waals surface area (Å²) in [4.78, 5) is 40.3. The summed E-state index contributed by atoms with van der Waals surface area (Å²) in [5.41, 5.74) is -0.203. The lowest BCUT2D eigenvalue weighted by molar-refractivity contribution is -0.159.